The van der Waals surface area contributed by atoms with Crippen molar-refractivity contribution in [1.82, 2.24) is 9.88 Å². The number of nitrogen functional groups attached to an aromatic ring is 1. The number of hydrogen-bond acceptors (Lipinski definition) is 4. The van der Waals surface area contributed by atoms with Crippen LogP contribution in [0, 0.1) is 5.41 Å². The Morgan fingerprint density at radius 1 is 1.12 bits per heavy atom. The summed E-state index contributed by atoms with van der Waals surface area (Å²) < 4.78 is 54.3. The number of fused-ring (bicyclic) bond motifs is 1. The van der Waals surface area contributed by atoms with Gasteiger partial charge in [0.05, 0.1) is 10.6 Å². The molecule has 1 aliphatic carbocycles. The van der Waals surface area contributed by atoms with Gasteiger partial charge < -0.3 is 15.6 Å². The van der Waals surface area contributed by atoms with Crippen LogP contribution in [0.3, 0.4) is 0 Å². The number of amidine groups is 1. The van der Waals surface area contributed by atoms with E-state index in [0.29, 0.717) is 16.5 Å². The number of carbonyl (C=O) groups is 1. The molecule has 0 unspecified atom stereocenters. The summed E-state index contributed by atoms with van der Waals surface area (Å²) in [6.45, 7) is -0.00637. The van der Waals surface area contributed by atoms with E-state index in [1.807, 2.05) is 0 Å². The second kappa shape index (κ2) is 9.17. The zero-order valence-corrected chi connectivity index (χ0v) is 19.2. The SMILES string of the molecule is N=C(N)c1ccc2cc(C(=O)NC3CCC(F)(F)CC3)n(CCS(=O)(=O)c3ccccc3)c2c1. The number of benzene rings is 2. The van der Waals surface area contributed by atoms with Crippen molar-refractivity contribution in [3.8, 4) is 0 Å². The highest BCUT2D eigenvalue weighted by Gasteiger charge is 2.35. The Balaban J connectivity index is 1.65. The molecule has 2 aromatic carbocycles. The second-order valence-electron chi connectivity index (χ2n) is 8.60. The smallest absolute Gasteiger partial charge is 0.268 e. The quantitative estimate of drug-likeness (QED) is 0.347. The summed E-state index contributed by atoms with van der Waals surface area (Å²) in [5, 5.41) is 11.2. The number of nitrogens with one attached hydrogen (secondary N) is 2. The first-order valence-electron chi connectivity index (χ1n) is 11.0. The number of alkyl halides is 2. The predicted molar refractivity (Wildman–Crippen MR) is 126 cm³/mol. The van der Waals surface area contributed by atoms with Crippen LogP contribution in [0.4, 0.5) is 8.78 Å². The lowest BCUT2D eigenvalue weighted by Crippen LogP contribution is -2.41. The molecular formula is C24H26F2N4O3S. The molecule has 4 N–H and O–H groups in total. The van der Waals surface area contributed by atoms with Gasteiger partial charge in [0.25, 0.3) is 5.91 Å². The van der Waals surface area contributed by atoms with E-state index in [-0.39, 0.29) is 60.4 Å². The normalized spacial score (nSPS) is 16.4. The number of aryl methyl sites for hydroxylation is 1. The molecule has 1 aromatic heterocycles. The Morgan fingerprint density at radius 3 is 2.44 bits per heavy atom. The summed E-state index contributed by atoms with van der Waals surface area (Å²) in [6, 6.07) is 14.3. The molecule has 1 fully saturated rings. The number of halogens is 2. The van der Waals surface area contributed by atoms with Crippen LogP contribution in [0.25, 0.3) is 10.9 Å². The van der Waals surface area contributed by atoms with Crippen molar-refractivity contribution in [2.45, 2.75) is 49.1 Å². The number of carbonyl (C=O) groups excluding carboxylic acids is 1. The van der Waals surface area contributed by atoms with Gasteiger partial charge in [-0.1, -0.05) is 30.3 Å². The number of sulfone groups is 1. The zero-order valence-electron chi connectivity index (χ0n) is 18.4. The van der Waals surface area contributed by atoms with Crippen molar-refractivity contribution in [2.24, 2.45) is 5.73 Å². The van der Waals surface area contributed by atoms with Gasteiger partial charge in [0, 0.05) is 41.9 Å². The first-order chi connectivity index (χ1) is 16.1. The largest absolute Gasteiger partial charge is 0.384 e. The lowest BCUT2D eigenvalue weighted by Gasteiger charge is -2.28. The molecule has 0 saturated heterocycles. The number of rotatable bonds is 7. The molecule has 1 amide bonds. The molecule has 180 valence electrons. The van der Waals surface area contributed by atoms with Crippen molar-refractivity contribution in [3.63, 3.8) is 0 Å². The van der Waals surface area contributed by atoms with Gasteiger partial charge in [0.1, 0.15) is 11.5 Å². The number of nitrogens with zero attached hydrogens (tertiary/aromatic N) is 1. The molecule has 10 heteroatoms. The van der Waals surface area contributed by atoms with E-state index >= 15 is 0 Å². The van der Waals surface area contributed by atoms with Crippen LogP contribution in [0.5, 0.6) is 0 Å². The van der Waals surface area contributed by atoms with Crippen LogP contribution in [0.2, 0.25) is 0 Å². The van der Waals surface area contributed by atoms with Crippen molar-refractivity contribution >= 4 is 32.5 Å². The van der Waals surface area contributed by atoms with E-state index in [0.717, 1.165) is 0 Å². The van der Waals surface area contributed by atoms with Crippen LogP contribution < -0.4 is 11.1 Å². The van der Waals surface area contributed by atoms with E-state index in [9.17, 15) is 22.0 Å². The summed E-state index contributed by atoms with van der Waals surface area (Å²) in [4.78, 5) is 13.3. The highest BCUT2D eigenvalue weighted by molar-refractivity contribution is 7.91. The van der Waals surface area contributed by atoms with Crippen LogP contribution in [-0.2, 0) is 16.4 Å². The van der Waals surface area contributed by atoms with Gasteiger partial charge in [0.2, 0.25) is 5.92 Å². The number of nitrogens with two attached hydrogens (primary N) is 1. The van der Waals surface area contributed by atoms with E-state index in [1.165, 1.54) is 12.1 Å². The fourth-order valence-electron chi connectivity index (χ4n) is 4.25. The lowest BCUT2D eigenvalue weighted by atomic mass is 9.92. The first-order valence-corrected chi connectivity index (χ1v) is 12.7. The van der Waals surface area contributed by atoms with Gasteiger partial charge in [-0.05, 0) is 37.1 Å². The summed E-state index contributed by atoms with van der Waals surface area (Å²) in [7, 11) is -3.62. The molecule has 0 atom stereocenters. The summed E-state index contributed by atoms with van der Waals surface area (Å²) in [5.74, 6) is -3.56. The fourth-order valence-corrected chi connectivity index (χ4v) is 5.48. The molecule has 3 aromatic rings. The molecule has 0 spiro atoms. The van der Waals surface area contributed by atoms with E-state index in [4.69, 9.17) is 11.1 Å². The van der Waals surface area contributed by atoms with Crippen LogP contribution >= 0.6 is 0 Å². The zero-order chi connectivity index (χ0) is 24.5. The minimum atomic E-state index is -3.62. The molecule has 34 heavy (non-hydrogen) atoms. The fraction of sp³-hybridized carbons (Fsp3) is 0.333. The highest BCUT2D eigenvalue weighted by Crippen LogP contribution is 2.33. The molecule has 1 saturated carbocycles. The molecule has 0 bridgehead atoms. The Labute approximate surface area is 196 Å². The first kappa shape index (κ1) is 23.9. The molecule has 0 radical (unpaired) electrons. The average molecular weight is 489 g/mol. The van der Waals surface area contributed by atoms with Crippen molar-refractivity contribution in [3.05, 3.63) is 65.9 Å². The van der Waals surface area contributed by atoms with Crippen LogP contribution in [0.1, 0.15) is 41.7 Å². The number of hydrogen-bond donors (Lipinski definition) is 3. The maximum Gasteiger partial charge on any atom is 0.268 e. The summed E-state index contributed by atoms with van der Waals surface area (Å²) in [6.07, 6.45) is -0.206. The van der Waals surface area contributed by atoms with Crippen LogP contribution in [-0.4, -0.2) is 42.4 Å². The maximum absolute atomic E-state index is 13.5. The molecular weight excluding hydrogens is 462 g/mol. The van der Waals surface area contributed by atoms with Crippen molar-refractivity contribution in [2.75, 3.05) is 5.75 Å². The summed E-state index contributed by atoms with van der Waals surface area (Å²) >= 11 is 0. The predicted octanol–water partition coefficient (Wildman–Crippen LogP) is 3.71. The Bertz CT molecular complexity index is 1330. The van der Waals surface area contributed by atoms with Gasteiger partial charge in [-0.2, -0.15) is 0 Å². The van der Waals surface area contributed by atoms with Gasteiger partial charge in [-0.3, -0.25) is 10.2 Å². The summed E-state index contributed by atoms with van der Waals surface area (Å²) in [5.41, 5.74) is 6.87. The molecule has 1 heterocycles. The molecule has 4 rings (SSSR count). The third-order valence-corrected chi connectivity index (χ3v) is 7.90. The standard InChI is InChI=1S/C24H26F2N4O3S/c25-24(26)10-8-18(9-11-24)29-23(31)21-14-16-6-7-17(22(27)28)15-20(16)30(21)12-13-34(32,33)19-4-2-1-3-5-19/h1-7,14-15,18H,8-13H2,(H3,27,28)(H,29,31). The van der Waals surface area contributed by atoms with E-state index in [2.05, 4.69) is 5.32 Å². The number of amides is 1. The van der Waals surface area contributed by atoms with Gasteiger partial charge in [0.15, 0.2) is 9.84 Å². The molecule has 1 aliphatic rings. The minimum Gasteiger partial charge on any atom is -0.384 e. The van der Waals surface area contributed by atoms with Gasteiger partial charge in [-0.25, -0.2) is 17.2 Å². The highest BCUT2D eigenvalue weighted by atomic mass is 32.2. The van der Waals surface area contributed by atoms with Crippen molar-refractivity contribution < 1.29 is 22.0 Å². The minimum absolute atomic E-state index is 0.00637. The van der Waals surface area contributed by atoms with E-state index in [1.54, 1.807) is 47.0 Å². The average Bonchev–Trinajstić information content (AvgIpc) is 3.17. The number of aromatic nitrogens is 1. The Hall–Kier alpha value is -3.27. The van der Waals surface area contributed by atoms with Crippen molar-refractivity contribution in [1.29, 1.82) is 5.41 Å². The van der Waals surface area contributed by atoms with Gasteiger partial charge in [-0.15, -0.1) is 0 Å². The maximum atomic E-state index is 13.5. The Kier molecular flexibility index (Phi) is 6.44. The Morgan fingerprint density at radius 2 is 1.79 bits per heavy atom. The van der Waals surface area contributed by atoms with Gasteiger partial charge >= 0.3 is 0 Å². The molecule has 7 nitrogen and oxygen atoms in total. The lowest BCUT2D eigenvalue weighted by molar-refractivity contribution is -0.0399. The third-order valence-electron chi connectivity index (χ3n) is 6.19. The van der Waals surface area contributed by atoms with Crippen LogP contribution in [0.15, 0.2) is 59.5 Å². The topological polar surface area (TPSA) is 118 Å². The third kappa shape index (κ3) is 5.11. The second-order valence-corrected chi connectivity index (χ2v) is 10.7. The molecule has 0 aliphatic heterocycles. The van der Waals surface area contributed by atoms with E-state index < -0.39 is 21.7 Å². The monoisotopic (exact) mass is 488 g/mol.